The van der Waals surface area contributed by atoms with Gasteiger partial charge in [0.1, 0.15) is 6.61 Å². The fraction of sp³-hybridized carbons (Fsp3) is 0.562. The Kier molecular flexibility index (Phi) is 3.83. The molecule has 0 amide bonds. The standard InChI is InChI=1S/C16H22N2O/c1-12-5-7-13(8-6-12)10-14-11-19-16(18-14)15-4-2-3-9-17-15/h5-8,14-15,17H,2-4,9-11H2,1H3. The number of aryl methyl sites for hydroxylation is 1. The first kappa shape index (κ1) is 12.7. The number of hydrogen-bond donors (Lipinski definition) is 1. The number of nitrogens with zero attached hydrogens (tertiary/aromatic N) is 1. The Balaban J connectivity index is 1.60. The first-order valence-corrected chi connectivity index (χ1v) is 7.31. The Morgan fingerprint density at radius 2 is 2.11 bits per heavy atom. The predicted octanol–water partition coefficient (Wildman–Crippen LogP) is 2.48. The van der Waals surface area contributed by atoms with Crippen LogP contribution in [0.15, 0.2) is 29.3 Å². The second-order valence-corrected chi connectivity index (χ2v) is 5.62. The Hall–Kier alpha value is -1.35. The lowest BCUT2D eigenvalue weighted by atomic mass is 10.0. The smallest absolute Gasteiger partial charge is 0.201 e. The first-order chi connectivity index (χ1) is 9.31. The van der Waals surface area contributed by atoms with Gasteiger partial charge in [-0.2, -0.15) is 0 Å². The molecule has 2 aliphatic heterocycles. The molecule has 0 saturated carbocycles. The third kappa shape index (κ3) is 3.16. The molecule has 0 spiro atoms. The van der Waals surface area contributed by atoms with Gasteiger partial charge in [0.2, 0.25) is 5.90 Å². The van der Waals surface area contributed by atoms with Crippen LogP contribution in [0.3, 0.4) is 0 Å². The molecule has 19 heavy (non-hydrogen) atoms. The van der Waals surface area contributed by atoms with Gasteiger partial charge in [-0.25, -0.2) is 4.99 Å². The Morgan fingerprint density at radius 3 is 2.84 bits per heavy atom. The SMILES string of the molecule is Cc1ccc(CC2COC(C3CCCCN3)=N2)cc1. The summed E-state index contributed by atoms with van der Waals surface area (Å²) >= 11 is 0. The van der Waals surface area contributed by atoms with Crippen molar-refractivity contribution in [2.24, 2.45) is 4.99 Å². The summed E-state index contributed by atoms with van der Waals surface area (Å²) in [5.74, 6) is 0.941. The van der Waals surface area contributed by atoms with Crippen molar-refractivity contribution in [3.63, 3.8) is 0 Å². The van der Waals surface area contributed by atoms with E-state index in [2.05, 4.69) is 36.5 Å². The lowest BCUT2D eigenvalue weighted by molar-refractivity contribution is 0.291. The van der Waals surface area contributed by atoms with Crippen LogP contribution in [0.25, 0.3) is 0 Å². The summed E-state index contributed by atoms with van der Waals surface area (Å²) in [4.78, 5) is 4.76. The zero-order valence-corrected chi connectivity index (χ0v) is 11.6. The van der Waals surface area contributed by atoms with E-state index in [0.29, 0.717) is 12.1 Å². The molecule has 3 rings (SSSR count). The highest BCUT2D eigenvalue weighted by Crippen LogP contribution is 2.17. The molecule has 1 aromatic carbocycles. The van der Waals surface area contributed by atoms with Crippen molar-refractivity contribution in [2.75, 3.05) is 13.2 Å². The van der Waals surface area contributed by atoms with Crippen LogP contribution >= 0.6 is 0 Å². The predicted molar refractivity (Wildman–Crippen MR) is 77.7 cm³/mol. The van der Waals surface area contributed by atoms with E-state index < -0.39 is 0 Å². The van der Waals surface area contributed by atoms with Crippen molar-refractivity contribution in [1.82, 2.24) is 5.32 Å². The topological polar surface area (TPSA) is 33.6 Å². The second kappa shape index (κ2) is 5.74. The normalized spacial score (nSPS) is 26.9. The maximum absolute atomic E-state index is 5.79. The van der Waals surface area contributed by atoms with Gasteiger partial charge in [0, 0.05) is 0 Å². The summed E-state index contributed by atoms with van der Waals surface area (Å²) in [6.45, 7) is 3.95. The lowest BCUT2D eigenvalue weighted by Crippen LogP contribution is -2.40. The summed E-state index contributed by atoms with van der Waals surface area (Å²) in [5, 5.41) is 3.50. The van der Waals surface area contributed by atoms with Gasteiger partial charge in [0.15, 0.2) is 0 Å². The minimum absolute atomic E-state index is 0.293. The molecule has 0 bridgehead atoms. The highest BCUT2D eigenvalue weighted by Gasteiger charge is 2.26. The zero-order chi connectivity index (χ0) is 13.1. The Morgan fingerprint density at radius 1 is 1.26 bits per heavy atom. The fourth-order valence-electron chi connectivity index (χ4n) is 2.79. The summed E-state index contributed by atoms with van der Waals surface area (Å²) in [6, 6.07) is 9.37. The second-order valence-electron chi connectivity index (χ2n) is 5.62. The van der Waals surface area contributed by atoms with E-state index in [9.17, 15) is 0 Å². The Bertz CT molecular complexity index is 446. The molecule has 2 atom stereocenters. The first-order valence-electron chi connectivity index (χ1n) is 7.31. The number of rotatable bonds is 3. The van der Waals surface area contributed by atoms with Crippen LogP contribution in [0.4, 0.5) is 0 Å². The van der Waals surface area contributed by atoms with Crippen molar-refractivity contribution in [2.45, 2.75) is 44.7 Å². The van der Waals surface area contributed by atoms with Gasteiger partial charge in [-0.05, 0) is 38.3 Å². The number of hydrogen-bond acceptors (Lipinski definition) is 3. The molecule has 2 unspecified atom stereocenters. The molecule has 1 N–H and O–H groups in total. The van der Waals surface area contributed by atoms with Crippen LogP contribution in [-0.2, 0) is 11.2 Å². The average molecular weight is 258 g/mol. The number of piperidine rings is 1. The molecule has 0 radical (unpaired) electrons. The molecule has 1 fully saturated rings. The molecular weight excluding hydrogens is 236 g/mol. The van der Waals surface area contributed by atoms with E-state index in [1.54, 1.807) is 0 Å². The van der Waals surface area contributed by atoms with Gasteiger partial charge in [0.25, 0.3) is 0 Å². The monoisotopic (exact) mass is 258 g/mol. The highest BCUT2D eigenvalue weighted by atomic mass is 16.5. The quantitative estimate of drug-likeness (QED) is 0.903. The van der Waals surface area contributed by atoms with Crippen molar-refractivity contribution < 1.29 is 4.74 Å². The van der Waals surface area contributed by atoms with Gasteiger partial charge in [0.05, 0.1) is 12.1 Å². The van der Waals surface area contributed by atoms with E-state index in [4.69, 9.17) is 9.73 Å². The third-order valence-electron chi connectivity index (χ3n) is 3.93. The van der Waals surface area contributed by atoms with Crippen LogP contribution in [0, 0.1) is 6.92 Å². The molecule has 1 saturated heterocycles. The number of aliphatic imine (C=N–C) groups is 1. The molecule has 3 nitrogen and oxygen atoms in total. The van der Waals surface area contributed by atoms with Crippen LogP contribution in [0.1, 0.15) is 30.4 Å². The Labute approximate surface area is 115 Å². The van der Waals surface area contributed by atoms with Crippen molar-refractivity contribution >= 4 is 5.90 Å². The van der Waals surface area contributed by atoms with Crippen LogP contribution in [0.2, 0.25) is 0 Å². The maximum Gasteiger partial charge on any atom is 0.201 e. The van der Waals surface area contributed by atoms with E-state index in [0.717, 1.165) is 31.9 Å². The zero-order valence-electron chi connectivity index (χ0n) is 11.6. The molecule has 102 valence electrons. The van der Waals surface area contributed by atoms with Crippen LogP contribution in [-0.4, -0.2) is 31.1 Å². The number of benzene rings is 1. The van der Waals surface area contributed by atoms with Gasteiger partial charge >= 0.3 is 0 Å². The molecule has 0 aromatic heterocycles. The molecule has 1 aromatic rings. The summed E-state index contributed by atoms with van der Waals surface area (Å²) < 4.78 is 5.79. The minimum atomic E-state index is 0.293. The van der Waals surface area contributed by atoms with E-state index in [1.807, 2.05) is 0 Å². The van der Waals surface area contributed by atoms with Crippen molar-refractivity contribution in [3.8, 4) is 0 Å². The van der Waals surface area contributed by atoms with Crippen molar-refractivity contribution in [3.05, 3.63) is 35.4 Å². The molecule has 0 aliphatic carbocycles. The van der Waals surface area contributed by atoms with Gasteiger partial charge in [-0.15, -0.1) is 0 Å². The van der Waals surface area contributed by atoms with E-state index in [-0.39, 0.29) is 0 Å². The average Bonchev–Trinajstić information content (AvgIpc) is 2.91. The number of ether oxygens (including phenoxy) is 1. The van der Waals surface area contributed by atoms with Crippen LogP contribution in [0.5, 0.6) is 0 Å². The van der Waals surface area contributed by atoms with E-state index in [1.165, 1.54) is 24.0 Å². The minimum Gasteiger partial charge on any atom is -0.478 e. The highest BCUT2D eigenvalue weighted by molar-refractivity contribution is 5.83. The lowest BCUT2D eigenvalue weighted by Gasteiger charge is -2.22. The summed E-state index contributed by atoms with van der Waals surface area (Å²) in [7, 11) is 0. The van der Waals surface area contributed by atoms with Gasteiger partial charge < -0.3 is 10.1 Å². The molecule has 2 aliphatic rings. The summed E-state index contributed by atoms with van der Waals surface area (Å²) in [6.07, 6.45) is 4.70. The number of nitrogens with one attached hydrogen (secondary N) is 1. The molecule has 3 heteroatoms. The molecule has 2 heterocycles. The van der Waals surface area contributed by atoms with Gasteiger partial charge in [-0.1, -0.05) is 36.2 Å². The van der Waals surface area contributed by atoms with E-state index >= 15 is 0 Å². The van der Waals surface area contributed by atoms with Crippen molar-refractivity contribution in [1.29, 1.82) is 0 Å². The molecular formula is C16H22N2O. The third-order valence-corrected chi connectivity index (χ3v) is 3.93. The summed E-state index contributed by atoms with van der Waals surface area (Å²) in [5.41, 5.74) is 2.66. The largest absolute Gasteiger partial charge is 0.478 e. The fourth-order valence-corrected chi connectivity index (χ4v) is 2.79. The maximum atomic E-state index is 5.79. The van der Waals surface area contributed by atoms with Gasteiger partial charge in [-0.3, -0.25) is 0 Å². The van der Waals surface area contributed by atoms with Crippen LogP contribution < -0.4 is 5.32 Å².